The molecule has 0 atom stereocenters. The van der Waals surface area contributed by atoms with Crippen LogP contribution < -0.4 is 9.47 Å². The van der Waals surface area contributed by atoms with E-state index in [-0.39, 0.29) is 0 Å². The fourth-order valence-corrected chi connectivity index (χ4v) is 4.48. The van der Waals surface area contributed by atoms with Crippen molar-refractivity contribution in [3.05, 3.63) is 138 Å². The van der Waals surface area contributed by atoms with Crippen LogP contribution in [0.4, 0.5) is 0 Å². The van der Waals surface area contributed by atoms with Crippen LogP contribution in [0, 0.1) is 0 Å². The van der Waals surface area contributed by atoms with Gasteiger partial charge in [-0.05, 0) is 83.8 Å². The predicted molar refractivity (Wildman–Crippen MR) is 161 cm³/mol. The van der Waals surface area contributed by atoms with E-state index in [4.69, 9.17) is 14.6 Å². The lowest BCUT2D eigenvalue weighted by atomic mass is 10.1. The summed E-state index contributed by atoms with van der Waals surface area (Å²) in [6.45, 7) is 0.393. The molecule has 0 radical (unpaired) electrons. The van der Waals surface area contributed by atoms with E-state index in [2.05, 4.69) is 52.5 Å². The molecule has 0 fully saturated rings. The normalized spacial score (nSPS) is 11.5. The molecular formula is C34H28N4O2. The van der Waals surface area contributed by atoms with E-state index >= 15 is 0 Å². The molecule has 0 aliphatic rings. The van der Waals surface area contributed by atoms with Crippen LogP contribution >= 0.6 is 0 Å². The minimum atomic E-state index is 0.393. The van der Waals surface area contributed by atoms with Crippen molar-refractivity contribution in [3.63, 3.8) is 0 Å². The minimum absolute atomic E-state index is 0.393. The Bertz CT molecular complexity index is 1780. The number of H-pyrrole nitrogens is 1. The monoisotopic (exact) mass is 524 g/mol. The van der Waals surface area contributed by atoms with Crippen molar-refractivity contribution in [3.8, 4) is 17.2 Å². The Morgan fingerprint density at radius 2 is 1.73 bits per heavy atom. The Morgan fingerprint density at radius 3 is 2.58 bits per heavy atom. The maximum Gasteiger partial charge on any atom is 0.130 e. The summed E-state index contributed by atoms with van der Waals surface area (Å²) in [6.07, 6.45) is 11.9. The second kappa shape index (κ2) is 11.6. The summed E-state index contributed by atoms with van der Waals surface area (Å²) in [6, 6.07) is 32.2. The van der Waals surface area contributed by atoms with Crippen LogP contribution in [-0.2, 0) is 6.61 Å². The molecule has 3 heterocycles. The van der Waals surface area contributed by atoms with Gasteiger partial charge < -0.3 is 14.5 Å². The first kappa shape index (κ1) is 24.9. The van der Waals surface area contributed by atoms with Gasteiger partial charge in [-0.25, -0.2) is 4.68 Å². The summed E-state index contributed by atoms with van der Waals surface area (Å²) in [4.78, 5) is 7.58. The van der Waals surface area contributed by atoms with Crippen molar-refractivity contribution in [2.45, 2.75) is 6.61 Å². The third-order valence-electron chi connectivity index (χ3n) is 6.53. The van der Waals surface area contributed by atoms with Gasteiger partial charge in [0.2, 0.25) is 0 Å². The average Bonchev–Trinajstić information content (AvgIpc) is 3.66. The highest BCUT2D eigenvalue weighted by atomic mass is 16.5. The van der Waals surface area contributed by atoms with E-state index in [1.54, 1.807) is 13.3 Å². The Hall–Kier alpha value is -5.36. The third kappa shape index (κ3) is 5.71. The van der Waals surface area contributed by atoms with Gasteiger partial charge in [0, 0.05) is 29.5 Å². The zero-order valence-electron chi connectivity index (χ0n) is 22.1. The molecule has 6 rings (SSSR count). The lowest BCUT2D eigenvalue weighted by Crippen LogP contribution is -1.99. The highest BCUT2D eigenvalue weighted by molar-refractivity contribution is 5.83. The van der Waals surface area contributed by atoms with E-state index in [0.29, 0.717) is 6.61 Å². The highest BCUT2D eigenvalue weighted by Gasteiger charge is 2.08. The number of fused-ring (bicyclic) bond motifs is 1. The summed E-state index contributed by atoms with van der Waals surface area (Å²) >= 11 is 0. The molecule has 40 heavy (non-hydrogen) atoms. The summed E-state index contributed by atoms with van der Waals surface area (Å²) in [5.74, 6) is 1.44. The molecule has 196 valence electrons. The molecule has 3 aromatic heterocycles. The number of pyridine rings is 1. The molecule has 0 bridgehead atoms. The fraction of sp³-hybridized carbons (Fsp3) is 0.0588. The van der Waals surface area contributed by atoms with Crippen LogP contribution in [0.3, 0.4) is 0 Å². The molecule has 1 N–H and O–H groups in total. The first-order chi connectivity index (χ1) is 19.7. The van der Waals surface area contributed by atoms with Crippen molar-refractivity contribution in [2.24, 2.45) is 0 Å². The average molecular weight is 525 g/mol. The molecule has 0 saturated carbocycles. The standard InChI is InChI=1S/C34H28N4O2/c1-39-34-23-32(40-24-29-7-5-6-19-35-29)17-14-27(34)13-16-31-22-28(37-38(31)30-8-3-2-4-9-30)15-11-25-10-12-26-18-20-36-33(26)21-25/h2-23,36H,24H2,1H3. The summed E-state index contributed by atoms with van der Waals surface area (Å²) in [5.41, 5.74) is 6.82. The van der Waals surface area contributed by atoms with Gasteiger partial charge in [0.25, 0.3) is 0 Å². The topological polar surface area (TPSA) is 65.0 Å². The second-order valence-electron chi connectivity index (χ2n) is 9.25. The maximum atomic E-state index is 5.92. The first-order valence-corrected chi connectivity index (χ1v) is 13.0. The number of hydrogen-bond donors (Lipinski definition) is 1. The second-order valence-corrected chi connectivity index (χ2v) is 9.25. The van der Waals surface area contributed by atoms with Gasteiger partial charge in [-0.1, -0.05) is 42.5 Å². The van der Waals surface area contributed by atoms with Crippen LogP contribution in [0.15, 0.2) is 109 Å². The van der Waals surface area contributed by atoms with Gasteiger partial charge in [-0.3, -0.25) is 4.98 Å². The Morgan fingerprint density at radius 1 is 0.825 bits per heavy atom. The molecule has 6 heteroatoms. The van der Waals surface area contributed by atoms with Crippen molar-refractivity contribution < 1.29 is 9.47 Å². The Balaban J connectivity index is 1.26. The van der Waals surface area contributed by atoms with E-state index in [0.717, 1.165) is 50.9 Å². The zero-order chi connectivity index (χ0) is 27.1. The molecule has 0 aliphatic heterocycles. The van der Waals surface area contributed by atoms with Gasteiger partial charge in [-0.15, -0.1) is 0 Å². The van der Waals surface area contributed by atoms with E-state index in [1.807, 2.05) is 89.8 Å². The number of nitrogens with zero attached hydrogens (tertiary/aromatic N) is 3. The SMILES string of the molecule is COc1cc(OCc2ccccn2)ccc1C=Cc1cc(C=Cc2ccc3cc[nH]c3c2)nn1-c1ccccc1. The number of ether oxygens (including phenoxy) is 2. The van der Waals surface area contributed by atoms with Crippen molar-refractivity contribution in [1.82, 2.24) is 19.7 Å². The van der Waals surface area contributed by atoms with Gasteiger partial charge in [0.1, 0.15) is 18.1 Å². The van der Waals surface area contributed by atoms with Gasteiger partial charge in [0.15, 0.2) is 0 Å². The molecule has 6 nitrogen and oxygen atoms in total. The fourth-order valence-electron chi connectivity index (χ4n) is 4.48. The Labute approximate surface area is 232 Å². The number of hydrogen-bond acceptors (Lipinski definition) is 4. The number of para-hydroxylation sites is 1. The van der Waals surface area contributed by atoms with E-state index < -0.39 is 0 Å². The molecule has 0 aliphatic carbocycles. The van der Waals surface area contributed by atoms with E-state index in [9.17, 15) is 0 Å². The van der Waals surface area contributed by atoms with Gasteiger partial charge in [0.05, 0.1) is 29.9 Å². The zero-order valence-corrected chi connectivity index (χ0v) is 22.1. The third-order valence-corrected chi connectivity index (χ3v) is 6.53. The minimum Gasteiger partial charge on any atom is -0.496 e. The van der Waals surface area contributed by atoms with Crippen LogP contribution in [0.2, 0.25) is 0 Å². The van der Waals surface area contributed by atoms with Crippen molar-refractivity contribution in [1.29, 1.82) is 0 Å². The predicted octanol–water partition coefficient (Wildman–Crippen LogP) is 7.68. The largest absolute Gasteiger partial charge is 0.496 e. The van der Waals surface area contributed by atoms with Gasteiger partial charge >= 0.3 is 0 Å². The summed E-state index contributed by atoms with van der Waals surface area (Å²) in [5, 5.41) is 6.08. The number of aromatic nitrogens is 4. The lowest BCUT2D eigenvalue weighted by Gasteiger charge is -2.10. The van der Waals surface area contributed by atoms with Crippen molar-refractivity contribution in [2.75, 3.05) is 7.11 Å². The molecule has 0 unspecified atom stereocenters. The lowest BCUT2D eigenvalue weighted by molar-refractivity contribution is 0.299. The quantitative estimate of drug-likeness (QED) is 0.211. The van der Waals surface area contributed by atoms with Crippen LogP contribution in [0.5, 0.6) is 11.5 Å². The number of benzene rings is 3. The smallest absolute Gasteiger partial charge is 0.130 e. The molecule has 6 aromatic rings. The molecular weight excluding hydrogens is 496 g/mol. The Kier molecular flexibility index (Phi) is 7.22. The number of aromatic amines is 1. The van der Waals surface area contributed by atoms with Crippen LogP contribution in [-0.4, -0.2) is 26.9 Å². The van der Waals surface area contributed by atoms with Crippen molar-refractivity contribution >= 4 is 35.2 Å². The number of nitrogens with one attached hydrogen (secondary N) is 1. The molecule has 0 saturated heterocycles. The van der Waals surface area contributed by atoms with Gasteiger partial charge in [-0.2, -0.15) is 5.10 Å². The number of rotatable bonds is 9. The summed E-state index contributed by atoms with van der Waals surface area (Å²) in [7, 11) is 1.66. The van der Waals surface area contributed by atoms with E-state index in [1.165, 1.54) is 5.39 Å². The first-order valence-electron chi connectivity index (χ1n) is 13.0. The molecule has 0 amide bonds. The maximum absolute atomic E-state index is 5.92. The van der Waals surface area contributed by atoms with Crippen LogP contribution in [0.25, 0.3) is 40.9 Å². The molecule has 3 aromatic carbocycles. The summed E-state index contributed by atoms with van der Waals surface area (Å²) < 4.78 is 13.5. The van der Waals surface area contributed by atoms with Crippen LogP contribution in [0.1, 0.15) is 28.2 Å². The highest BCUT2D eigenvalue weighted by Crippen LogP contribution is 2.28. The number of methoxy groups -OCH3 is 1. The molecule has 0 spiro atoms.